The molecule has 0 unspecified atom stereocenters. The third kappa shape index (κ3) is 4.60. The predicted octanol–water partition coefficient (Wildman–Crippen LogP) is 1.62. The van der Waals surface area contributed by atoms with Gasteiger partial charge in [-0.25, -0.2) is 4.79 Å². The van der Waals surface area contributed by atoms with Crippen molar-refractivity contribution in [1.29, 1.82) is 5.26 Å². The molecule has 0 bridgehead atoms. The van der Waals surface area contributed by atoms with E-state index in [2.05, 4.69) is 10.1 Å². The number of methoxy groups -OCH3 is 1. The Balaban J connectivity index is 2.10. The predicted molar refractivity (Wildman–Crippen MR) is 92.0 cm³/mol. The molecule has 0 aromatic heterocycles. The monoisotopic (exact) mass is 357 g/mol. The smallest absolute Gasteiger partial charge is 0.339 e. The first kappa shape index (κ1) is 19.0. The van der Waals surface area contributed by atoms with E-state index in [1.54, 1.807) is 17.0 Å². The maximum atomic E-state index is 12.4. The van der Waals surface area contributed by atoms with Crippen molar-refractivity contribution in [1.82, 2.24) is 4.90 Å². The van der Waals surface area contributed by atoms with E-state index in [0.717, 1.165) is 0 Å². The van der Waals surface area contributed by atoms with Crippen molar-refractivity contribution in [2.75, 3.05) is 25.5 Å². The highest BCUT2D eigenvalue weighted by Gasteiger charge is 2.24. The Hall–Kier alpha value is -3.34. The lowest BCUT2D eigenvalue weighted by atomic mass is 9.97. The van der Waals surface area contributed by atoms with Crippen molar-refractivity contribution >= 4 is 23.5 Å². The molecule has 1 aromatic carbocycles. The molecular weight excluding hydrogens is 338 g/mol. The Morgan fingerprint density at radius 2 is 1.96 bits per heavy atom. The fourth-order valence-corrected chi connectivity index (χ4v) is 2.67. The molecule has 2 rings (SSSR count). The number of benzene rings is 1. The molecule has 1 amide bonds. The van der Waals surface area contributed by atoms with Gasteiger partial charge in [0, 0.05) is 19.3 Å². The lowest BCUT2D eigenvalue weighted by molar-refractivity contribution is -0.143. The number of nitrogens with one attached hydrogen (secondary N) is 1. The molecule has 8 nitrogen and oxygen atoms in total. The number of ether oxygens (including phenoxy) is 1. The SMILES string of the molecule is COC(=O)c1ccccc1NC(=O)/C(C#N)=C\N1CCC(C(=O)O)CC1. The molecule has 1 aliphatic heterocycles. The number of carbonyl (C=O) groups excluding carboxylic acids is 2. The van der Waals surface area contributed by atoms with Crippen LogP contribution in [0.15, 0.2) is 36.0 Å². The van der Waals surface area contributed by atoms with Crippen LogP contribution in [0, 0.1) is 17.2 Å². The largest absolute Gasteiger partial charge is 0.481 e. The second kappa shape index (κ2) is 8.67. The number of nitrogens with zero attached hydrogens (tertiary/aromatic N) is 2. The number of hydrogen-bond donors (Lipinski definition) is 2. The molecule has 1 aromatic rings. The maximum Gasteiger partial charge on any atom is 0.339 e. The van der Waals surface area contributed by atoms with Gasteiger partial charge in [-0.2, -0.15) is 5.26 Å². The van der Waals surface area contributed by atoms with Crippen LogP contribution in [-0.4, -0.2) is 48.1 Å². The first-order chi connectivity index (χ1) is 12.5. The van der Waals surface area contributed by atoms with Crippen LogP contribution in [0.1, 0.15) is 23.2 Å². The summed E-state index contributed by atoms with van der Waals surface area (Å²) in [6.07, 6.45) is 2.34. The first-order valence-electron chi connectivity index (χ1n) is 8.03. The summed E-state index contributed by atoms with van der Waals surface area (Å²) in [7, 11) is 1.24. The summed E-state index contributed by atoms with van der Waals surface area (Å²) in [4.78, 5) is 36.9. The van der Waals surface area contributed by atoms with E-state index < -0.39 is 23.8 Å². The van der Waals surface area contributed by atoms with Gasteiger partial charge >= 0.3 is 11.9 Å². The van der Waals surface area contributed by atoms with Gasteiger partial charge in [-0.05, 0) is 25.0 Å². The summed E-state index contributed by atoms with van der Waals surface area (Å²) in [5, 5.41) is 20.8. The van der Waals surface area contributed by atoms with Crippen LogP contribution in [0.3, 0.4) is 0 Å². The van der Waals surface area contributed by atoms with Crippen molar-refractivity contribution in [2.24, 2.45) is 5.92 Å². The number of likely N-dealkylation sites (tertiary alicyclic amines) is 1. The Bertz CT molecular complexity index is 773. The molecule has 1 fully saturated rings. The molecule has 26 heavy (non-hydrogen) atoms. The Morgan fingerprint density at radius 1 is 1.31 bits per heavy atom. The van der Waals surface area contributed by atoms with Gasteiger partial charge in [-0.3, -0.25) is 9.59 Å². The van der Waals surface area contributed by atoms with E-state index in [9.17, 15) is 19.6 Å². The third-order valence-electron chi connectivity index (χ3n) is 4.14. The third-order valence-corrected chi connectivity index (χ3v) is 4.14. The summed E-state index contributed by atoms with van der Waals surface area (Å²) in [6.45, 7) is 0.905. The highest BCUT2D eigenvalue weighted by Crippen LogP contribution is 2.19. The van der Waals surface area contributed by atoms with Crippen LogP contribution in [0.5, 0.6) is 0 Å². The van der Waals surface area contributed by atoms with Gasteiger partial charge in [0.2, 0.25) is 0 Å². The molecule has 136 valence electrons. The lowest BCUT2D eigenvalue weighted by Gasteiger charge is -2.29. The number of carboxylic acids is 1. The van der Waals surface area contributed by atoms with E-state index in [1.807, 2.05) is 6.07 Å². The zero-order valence-electron chi connectivity index (χ0n) is 14.3. The van der Waals surface area contributed by atoms with Crippen molar-refractivity contribution in [3.05, 3.63) is 41.6 Å². The zero-order chi connectivity index (χ0) is 19.1. The van der Waals surface area contributed by atoms with Crippen LogP contribution in [0.4, 0.5) is 5.69 Å². The Labute approximate surface area is 150 Å². The van der Waals surface area contributed by atoms with Gasteiger partial charge < -0.3 is 20.1 Å². The van der Waals surface area contributed by atoms with E-state index in [-0.39, 0.29) is 16.8 Å². The van der Waals surface area contributed by atoms with Gasteiger partial charge in [-0.15, -0.1) is 0 Å². The van der Waals surface area contributed by atoms with Gasteiger partial charge in [0.05, 0.1) is 24.3 Å². The highest BCUT2D eigenvalue weighted by atomic mass is 16.5. The van der Waals surface area contributed by atoms with Crippen LogP contribution >= 0.6 is 0 Å². The van der Waals surface area contributed by atoms with Crippen LogP contribution in [-0.2, 0) is 14.3 Å². The summed E-state index contributed by atoms with van der Waals surface area (Å²) >= 11 is 0. The number of carbonyl (C=O) groups is 3. The normalized spacial score (nSPS) is 15.1. The minimum Gasteiger partial charge on any atom is -0.481 e. The second-order valence-electron chi connectivity index (χ2n) is 5.79. The molecule has 8 heteroatoms. The van der Waals surface area contributed by atoms with Crippen molar-refractivity contribution in [2.45, 2.75) is 12.8 Å². The number of carboxylic acid groups (broad SMARTS) is 1. The molecule has 2 N–H and O–H groups in total. The average Bonchev–Trinajstić information content (AvgIpc) is 2.66. The first-order valence-corrected chi connectivity index (χ1v) is 8.03. The minimum atomic E-state index is -0.828. The number of aliphatic carboxylic acids is 1. The molecule has 1 saturated heterocycles. The van der Waals surface area contributed by atoms with E-state index in [4.69, 9.17) is 5.11 Å². The molecule has 0 atom stereocenters. The summed E-state index contributed by atoms with van der Waals surface area (Å²) < 4.78 is 4.67. The van der Waals surface area contributed by atoms with Gasteiger partial charge in [-0.1, -0.05) is 12.1 Å². The number of esters is 1. The lowest BCUT2D eigenvalue weighted by Crippen LogP contribution is -2.33. The number of amides is 1. The Morgan fingerprint density at radius 3 is 2.54 bits per heavy atom. The van der Waals surface area contributed by atoms with Gasteiger partial charge in [0.15, 0.2) is 0 Å². The topological polar surface area (TPSA) is 120 Å². The molecule has 1 aliphatic rings. The van der Waals surface area contributed by atoms with Crippen molar-refractivity contribution in [3.63, 3.8) is 0 Å². The fraction of sp³-hybridized carbons (Fsp3) is 0.333. The molecule has 0 aliphatic carbocycles. The van der Waals surface area contributed by atoms with Crippen molar-refractivity contribution in [3.8, 4) is 6.07 Å². The number of rotatable bonds is 5. The van der Waals surface area contributed by atoms with E-state index in [1.165, 1.54) is 25.4 Å². The number of para-hydroxylation sites is 1. The van der Waals surface area contributed by atoms with Gasteiger partial charge in [0.25, 0.3) is 5.91 Å². The standard InChI is InChI=1S/C18H19N3O5/c1-26-18(25)14-4-2-3-5-15(14)20-16(22)13(10-19)11-21-8-6-12(7-9-21)17(23)24/h2-5,11-12H,6-9H2,1H3,(H,20,22)(H,23,24)/b13-11-. The average molecular weight is 357 g/mol. The summed E-state index contributed by atoms with van der Waals surface area (Å²) in [5.74, 6) is -2.47. The van der Waals surface area contributed by atoms with Crippen LogP contribution in [0.25, 0.3) is 0 Å². The van der Waals surface area contributed by atoms with Crippen LogP contribution < -0.4 is 5.32 Å². The number of nitriles is 1. The number of hydrogen-bond acceptors (Lipinski definition) is 6. The second-order valence-corrected chi connectivity index (χ2v) is 5.79. The minimum absolute atomic E-state index is 0.126. The van der Waals surface area contributed by atoms with Crippen molar-refractivity contribution < 1.29 is 24.2 Å². The highest BCUT2D eigenvalue weighted by molar-refractivity contribution is 6.09. The Kier molecular flexibility index (Phi) is 6.33. The number of piperidine rings is 1. The summed E-state index contributed by atoms with van der Waals surface area (Å²) in [6, 6.07) is 8.17. The fourth-order valence-electron chi connectivity index (χ4n) is 2.67. The molecular formula is C18H19N3O5. The number of anilines is 1. The van der Waals surface area contributed by atoms with Crippen LogP contribution in [0.2, 0.25) is 0 Å². The quantitative estimate of drug-likeness (QED) is 0.467. The zero-order valence-corrected chi connectivity index (χ0v) is 14.3. The summed E-state index contributed by atoms with van der Waals surface area (Å²) in [5.41, 5.74) is 0.302. The maximum absolute atomic E-state index is 12.4. The molecule has 0 radical (unpaired) electrons. The molecule has 0 saturated carbocycles. The van der Waals surface area contributed by atoms with E-state index >= 15 is 0 Å². The van der Waals surface area contributed by atoms with E-state index in [0.29, 0.717) is 25.9 Å². The molecule has 0 spiro atoms. The van der Waals surface area contributed by atoms with Gasteiger partial charge in [0.1, 0.15) is 11.6 Å². The molecule has 1 heterocycles.